The van der Waals surface area contributed by atoms with E-state index in [4.69, 9.17) is 0 Å². The van der Waals surface area contributed by atoms with Crippen LogP contribution < -0.4 is 5.32 Å². The lowest BCUT2D eigenvalue weighted by Crippen LogP contribution is -2.36. The molecule has 3 atom stereocenters. The van der Waals surface area contributed by atoms with Gasteiger partial charge in [0.25, 0.3) is 0 Å². The Bertz CT molecular complexity index is 1450. The number of rotatable bonds is 3. The topological polar surface area (TPSA) is 12.0 Å². The van der Waals surface area contributed by atoms with Crippen LogP contribution in [-0.4, -0.2) is 0 Å². The summed E-state index contributed by atoms with van der Waals surface area (Å²) in [6.45, 7) is 2.41. The molecule has 1 fully saturated rings. The van der Waals surface area contributed by atoms with Crippen LogP contribution in [0.25, 0.3) is 22.3 Å². The van der Waals surface area contributed by atoms with Gasteiger partial charge in [0.05, 0.1) is 0 Å². The quantitative estimate of drug-likeness (QED) is 0.305. The Morgan fingerprint density at radius 2 is 1.43 bits per heavy atom. The van der Waals surface area contributed by atoms with Crippen LogP contribution in [0.15, 0.2) is 109 Å². The Morgan fingerprint density at radius 1 is 0.714 bits per heavy atom. The monoisotopic (exact) mass is 453 g/mol. The number of anilines is 2. The third-order valence-corrected chi connectivity index (χ3v) is 8.64. The van der Waals surface area contributed by atoms with Gasteiger partial charge in [0.15, 0.2) is 0 Å². The molecule has 3 unspecified atom stereocenters. The lowest BCUT2D eigenvalue weighted by molar-refractivity contribution is 0.284. The van der Waals surface area contributed by atoms with Gasteiger partial charge in [-0.1, -0.05) is 104 Å². The summed E-state index contributed by atoms with van der Waals surface area (Å²) in [5, 5.41) is 3.88. The Hall–Kier alpha value is -3.58. The molecule has 0 aromatic heterocycles. The molecule has 172 valence electrons. The molecular formula is C34H31N. The normalized spacial score (nSPS) is 24.0. The number of hydrogen-bond acceptors (Lipinski definition) is 1. The average molecular weight is 454 g/mol. The van der Waals surface area contributed by atoms with E-state index in [1.165, 1.54) is 64.8 Å². The predicted octanol–water partition coefficient (Wildman–Crippen LogP) is 9.13. The van der Waals surface area contributed by atoms with Crippen molar-refractivity contribution < 1.29 is 0 Å². The summed E-state index contributed by atoms with van der Waals surface area (Å²) in [4.78, 5) is 0. The first kappa shape index (κ1) is 20.8. The highest BCUT2D eigenvalue weighted by molar-refractivity contribution is 5.94. The minimum Gasteiger partial charge on any atom is -0.355 e. The highest BCUT2D eigenvalue weighted by Crippen LogP contribution is 2.62. The number of para-hydroxylation sites is 1. The van der Waals surface area contributed by atoms with Crippen molar-refractivity contribution in [2.75, 3.05) is 5.32 Å². The van der Waals surface area contributed by atoms with Gasteiger partial charge in [0.1, 0.15) is 0 Å². The number of hydrogen-bond donors (Lipinski definition) is 1. The first-order valence-corrected chi connectivity index (χ1v) is 13.1. The van der Waals surface area contributed by atoms with E-state index in [-0.39, 0.29) is 5.41 Å². The molecule has 35 heavy (non-hydrogen) atoms. The molecule has 3 aliphatic carbocycles. The molecule has 3 aliphatic rings. The molecule has 1 spiro atoms. The Morgan fingerprint density at radius 3 is 2.31 bits per heavy atom. The van der Waals surface area contributed by atoms with Crippen LogP contribution in [0.1, 0.15) is 43.7 Å². The zero-order chi connectivity index (χ0) is 23.4. The molecular weight excluding hydrogens is 422 g/mol. The van der Waals surface area contributed by atoms with Crippen molar-refractivity contribution in [3.8, 4) is 22.3 Å². The van der Waals surface area contributed by atoms with Crippen molar-refractivity contribution in [3.63, 3.8) is 0 Å². The minimum absolute atomic E-state index is 0.0355. The molecule has 4 aromatic carbocycles. The maximum absolute atomic E-state index is 3.88. The van der Waals surface area contributed by atoms with E-state index >= 15 is 0 Å². The van der Waals surface area contributed by atoms with Crippen LogP contribution in [-0.2, 0) is 5.41 Å². The number of allylic oxidation sites excluding steroid dienone is 2. The summed E-state index contributed by atoms with van der Waals surface area (Å²) < 4.78 is 0. The molecule has 2 bridgehead atoms. The summed E-state index contributed by atoms with van der Waals surface area (Å²) in [5.41, 5.74) is 12.3. The highest BCUT2D eigenvalue weighted by atomic mass is 14.9. The molecule has 7 rings (SSSR count). The second kappa shape index (κ2) is 7.99. The van der Waals surface area contributed by atoms with Gasteiger partial charge >= 0.3 is 0 Å². The summed E-state index contributed by atoms with van der Waals surface area (Å²) in [6.07, 6.45) is 7.78. The second-order valence-electron chi connectivity index (χ2n) is 10.7. The van der Waals surface area contributed by atoms with Gasteiger partial charge in [-0.3, -0.25) is 0 Å². The lowest BCUT2D eigenvalue weighted by atomic mass is 9.58. The van der Waals surface area contributed by atoms with Crippen molar-refractivity contribution in [1.29, 1.82) is 0 Å². The molecule has 0 saturated heterocycles. The van der Waals surface area contributed by atoms with Gasteiger partial charge in [-0.25, -0.2) is 0 Å². The van der Waals surface area contributed by atoms with Gasteiger partial charge in [-0.15, -0.1) is 0 Å². The Labute approximate surface area is 208 Å². The molecule has 0 aliphatic heterocycles. The highest BCUT2D eigenvalue weighted by Gasteiger charge is 2.50. The molecule has 1 heteroatoms. The lowest BCUT2D eigenvalue weighted by Gasteiger charge is -2.45. The van der Waals surface area contributed by atoms with Crippen molar-refractivity contribution in [1.82, 2.24) is 0 Å². The number of benzene rings is 4. The Kier molecular flexibility index (Phi) is 4.74. The van der Waals surface area contributed by atoms with E-state index in [2.05, 4.69) is 115 Å². The molecule has 1 saturated carbocycles. The SMILES string of the molecule is CC1C=C2CC(CCC23c2ccccc2-c2c(Nc4ccccc4-c4ccccc4)cccc23)C1. The fraction of sp³-hybridized carbons (Fsp3) is 0.235. The second-order valence-corrected chi connectivity index (χ2v) is 10.7. The molecule has 1 nitrogen and oxygen atoms in total. The van der Waals surface area contributed by atoms with E-state index in [9.17, 15) is 0 Å². The van der Waals surface area contributed by atoms with Crippen molar-refractivity contribution in [2.24, 2.45) is 11.8 Å². The largest absolute Gasteiger partial charge is 0.355 e. The van der Waals surface area contributed by atoms with Crippen LogP contribution in [0.2, 0.25) is 0 Å². The van der Waals surface area contributed by atoms with Crippen LogP contribution in [0.4, 0.5) is 11.4 Å². The van der Waals surface area contributed by atoms with Crippen molar-refractivity contribution >= 4 is 11.4 Å². The van der Waals surface area contributed by atoms with E-state index in [1.54, 1.807) is 5.57 Å². The maximum atomic E-state index is 3.88. The summed E-state index contributed by atoms with van der Waals surface area (Å²) in [6, 6.07) is 35.5. The third kappa shape index (κ3) is 3.14. The third-order valence-electron chi connectivity index (χ3n) is 8.64. The van der Waals surface area contributed by atoms with Crippen molar-refractivity contribution in [3.05, 3.63) is 120 Å². The first-order chi connectivity index (χ1) is 17.2. The fourth-order valence-electron chi connectivity index (χ4n) is 7.26. The zero-order valence-corrected chi connectivity index (χ0v) is 20.3. The molecule has 4 aromatic rings. The first-order valence-electron chi connectivity index (χ1n) is 13.1. The summed E-state index contributed by atoms with van der Waals surface area (Å²) in [7, 11) is 0. The smallest absolute Gasteiger partial charge is 0.0467 e. The van der Waals surface area contributed by atoms with Gasteiger partial charge < -0.3 is 5.32 Å². The minimum atomic E-state index is 0.0355. The van der Waals surface area contributed by atoms with Gasteiger partial charge in [0, 0.05) is 27.9 Å². The van der Waals surface area contributed by atoms with E-state index < -0.39 is 0 Å². The van der Waals surface area contributed by atoms with E-state index in [1.807, 2.05) is 0 Å². The fourth-order valence-corrected chi connectivity index (χ4v) is 7.26. The van der Waals surface area contributed by atoms with Crippen molar-refractivity contribution in [2.45, 2.75) is 38.0 Å². The number of nitrogens with one attached hydrogen (secondary N) is 1. The summed E-state index contributed by atoms with van der Waals surface area (Å²) in [5.74, 6) is 1.53. The number of fused-ring (bicyclic) bond motifs is 8. The van der Waals surface area contributed by atoms with Gasteiger partial charge in [-0.2, -0.15) is 0 Å². The van der Waals surface area contributed by atoms with Crippen LogP contribution in [0.5, 0.6) is 0 Å². The van der Waals surface area contributed by atoms with Gasteiger partial charge in [-0.05, 0) is 71.9 Å². The van der Waals surface area contributed by atoms with Crippen LogP contribution in [0, 0.1) is 11.8 Å². The Balaban J connectivity index is 1.41. The van der Waals surface area contributed by atoms with E-state index in [0.717, 1.165) is 11.6 Å². The predicted molar refractivity (Wildman–Crippen MR) is 147 cm³/mol. The summed E-state index contributed by atoms with van der Waals surface area (Å²) >= 11 is 0. The standard InChI is InChI=1S/C34H31N/c1-23-20-24-18-19-34(26(21-23)22-24)29-14-7-5-13-28(29)33-30(34)15-9-17-32(33)35-31-16-8-6-12-27(31)25-10-3-2-4-11-25/h2-17,21,23-24,35H,18-20,22H2,1H3. The molecule has 0 heterocycles. The van der Waals surface area contributed by atoms with Gasteiger partial charge in [0.2, 0.25) is 0 Å². The molecule has 0 amide bonds. The zero-order valence-electron chi connectivity index (χ0n) is 20.3. The average Bonchev–Trinajstić information content (AvgIpc) is 3.19. The molecule has 0 radical (unpaired) electrons. The van der Waals surface area contributed by atoms with Crippen LogP contribution >= 0.6 is 0 Å². The van der Waals surface area contributed by atoms with E-state index in [0.29, 0.717) is 5.92 Å². The molecule has 1 N–H and O–H groups in total. The van der Waals surface area contributed by atoms with Crippen LogP contribution in [0.3, 0.4) is 0 Å². The maximum Gasteiger partial charge on any atom is 0.0467 e.